The maximum Gasteiger partial charge on any atom is 0.163 e. The van der Waals surface area contributed by atoms with Crippen LogP contribution in [0.2, 0.25) is 0 Å². The topological polar surface area (TPSA) is 26.0 Å². The highest BCUT2D eigenvalue weighted by atomic mass is 35.5. The molecule has 0 aromatic heterocycles. The van der Waals surface area contributed by atoms with Crippen LogP contribution in [0.4, 0.5) is 13.2 Å². The van der Waals surface area contributed by atoms with Crippen molar-refractivity contribution in [2.45, 2.75) is 6.04 Å². The van der Waals surface area contributed by atoms with Crippen molar-refractivity contribution in [1.29, 1.82) is 0 Å². The van der Waals surface area contributed by atoms with Crippen LogP contribution < -0.4 is 5.73 Å². The zero-order valence-electron chi connectivity index (χ0n) is 6.64. The summed E-state index contributed by atoms with van der Waals surface area (Å²) in [6, 6.07) is 2.44. The first-order valence-corrected chi connectivity index (χ1v) is 3.42. The van der Waals surface area contributed by atoms with Gasteiger partial charge >= 0.3 is 0 Å². The molecular formula is C8H9ClF3N. The van der Waals surface area contributed by atoms with Gasteiger partial charge in [0.2, 0.25) is 0 Å². The molecule has 5 heteroatoms. The van der Waals surface area contributed by atoms with Crippen molar-refractivity contribution in [2.24, 2.45) is 5.73 Å². The number of halogens is 4. The molecule has 0 bridgehead atoms. The van der Waals surface area contributed by atoms with Gasteiger partial charge in [0.1, 0.15) is 6.67 Å². The monoisotopic (exact) mass is 211 g/mol. The second-order valence-corrected chi connectivity index (χ2v) is 2.40. The Bertz CT molecular complexity index is 280. The molecule has 13 heavy (non-hydrogen) atoms. The van der Waals surface area contributed by atoms with E-state index in [0.29, 0.717) is 0 Å². The van der Waals surface area contributed by atoms with Crippen molar-refractivity contribution in [3.8, 4) is 0 Å². The Morgan fingerprint density at radius 3 is 2.46 bits per heavy atom. The third-order valence-corrected chi connectivity index (χ3v) is 1.55. The van der Waals surface area contributed by atoms with Crippen molar-refractivity contribution in [3.63, 3.8) is 0 Å². The van der Waals surface area contributed by atoms with Gasteiger partial charge in [-0.3, -0.25) is 0 Å². The molecule has 0 fully saturated rings. The normalized spacial score (nSPS) is 12.0. The van der Waals surface area contributed by atoms with Gasteiger partial charge in [-0.2, -0.15) is 0 Å². The molecule has 0 amide bonds. The van der Waals surface area contributed by atoms with Crippen molar-refractivity contribution in [2.75, 3.05) is 6.67 Å². The second-order valence-electron chi connectivity index (χ2n) is 2.40. The minimum absolute atomic E-state index is 0. The fourth-order valence-electron chi connectivity index (χ4n) is 0.890. The van der Waals surface area contributed by atoms with Gasteiger partial charge in [0.15, 0.2) is 11.6 Å². The summed E-state index contributed by atoms with van der Waals surface area (Å²) in [4.78, 5) is 0. The Kier molecular flexibility index (Phi) is 4.80. The molecule has 0 heterocycles. The molecule has 1 nitrogen and oxygen atoms in total. The number of nitrogens with two attached hydrogens (primary N) is 1. The van der Waals surface area contributed by atoms with Crippen molar-refractivity contribution >= 4 is 12.4 Å². The van der Waals surface area contributed by atoms with Crippen molar-refractivity contribution < 1.29 is 13.2 Å². The third-order valence-electron chi connectivity index (χ3n) is 1.55. The Hall–Kier alpha value is -0.740. The molecule has 1 rings (SSSR count). The molecule has 74 valence electrons. The fraction of sp³-hybridized carbons (Fsp3) is 0.250. The summed E-state index contributed by atoms with van der Waals surface area (Å²) in [5.41, 5.74) is 5.06. The van der Waals surface area contributed by atoms with E-state index in [-0.39, 0.29) is 18.0 Å². The molecule has 1 aromatic carbocycles. The molecule has 0 radical (unpaired) electrons. The maximum atomic E-state index is 12.8. The van der Waals surface area contributed by atoms with Crippen LogP contribution in [0.25, 0.3) is 0 Å². The lowest BCUT2D eigenvalue weighted by Crippen LogP contribution is -2.14. The lowest BCUT2D eigenvalue weighted by Gasteiger charge is -2.08. The van der Waals surface area contributed by atoms with Gasteiger partial charge in [-0.15, -0.1) is 12.4 Å². The van der Waals surface area contributed by atoms with E-state index in [1.807, 2.05) is 0 Å². The van der Waals surface area contributed by atoms with Crippen molar-refractivity contribution in [1.82, 2.24) is 0 Å². The molecule has 1 atom stereocenters. The number of hydrogen-bond donors (Lipinski definition) is 1. The molecule has 0 saturated heterocycles. The smallest absolute Gasteiger partial charge is 0.163 e. The van der Waals surface area contributed by atoms with Crippen LogP contribution in [0.3, 0.4) is 0 Å². The van der Waals surface area contributed by atoms with E-state index >= 15 is 0 Å². The Morgan fingerprint density at radius 1 is 1.31 bits per heavy atom. The van der Waals surface area contributed by atoms with Crippen LogP contribution >= 0.6 is 12.4 Å². The molecular weight excluding hydrogens is 203 g/mol. The second kappa shape index (κ2) is 5.09. The van der Waals surface area contributed by atoms with E-state index in [1.54, 1.807) is 0 Å². The van der Waals surface area contributed by atoms with Crippen LogP contribution in [0, 0.1) is 11.6 Å². The summed E-state index contributed by atoms with van der Waals surface area (Å²) in [6.07, 6.45) is 0. The Balaban J connectivity index is 0.00000144. The van der Waals surface area contributed by atoms with E-state index in [0.717, 1.165) is 6.07 Å². The van der Waals surface area contributed by atoms with Gasteiger partial charge in [0.25, 0.3) is 0 Å². The van der Waals surface area contributed by atoms with Crippen LogP contribution in [-0.2, 0) is 0 Å². The van der Waals surface area contributed by atoms with Gasteiger partial charge in [-0.1, -0.05) is 12.1 Å². The summed E-state index contributed by atoms with van der Waals surface area (Å²) in [5, 5.41) is 0. The minimum Gasteiger partial charge on any atom is -0.322 e. The van der Waals surface area contributed by atoms with Crippen LogP contribution in [0.15, 0.2) is 18.2 Å². The van der Waals surface area contributed by atoms with Crippen LogP contribution in [0.5, 0.6) is 0 Å². The maximum absolute atomic E-state index is 12.8. The van der Waals surface area contributed by atoms with E-state index < -0.39 is 24.4 Å². The largest absolute Gasteiger partial charge is 0.322 e. The molecule has 0 aliphatic heterocycles. The van der Waals surface area contributed by atoms with Crippen molar-refractivity contribution in [3.05, 3.63) is 35.4 Å². The van der Waals surface area contributed by atoms with Gasteiger partial charge < -0.3 is 5.73 Å². The SMILES string of the molecule is Cl.N[C@@H](CF)c1cccc(F)c1F. The lowest BCUT2D eigenvalue weighted by molar-refractivity contribution is 0.417. The molecule has 0 saturated carbocycles. The average molecular weight is 212 g/mol. The predicted molar refractivity (Wildman–Crippen MR) is 46.5 cm³/mol. The summed E-state index contributed by atoms with van der Waals surface area (Å²) >= 11 is 0. The number of hydrogen-bond acceptors (Lipinski definition) is 1. The van der Waals surface area contributed by atoms with E-state index in [9.17, 15) is 13.2 Å². The highest BCUT2D eigenvalue weighted by Crippen LogP contribution is 2.17. The number of rotatable bonds is 2. The fourth-order valence-corrected chi connectivity index (χ4v) is 0.890. The molecule has 0 aliphatic carbocycles. The molecule has 0 unspecified atom stereocenters. The van der Waals surface area contributed by atoms with Gasteiger partial charge in [-0.25, -0.2) is 13.2 Å². The first-order valence-electron chi connectivity index (χ1n) is 3.42. The average Bonchev–Trinajstić information content (AvgIpc) is 2.08. The molecule has 1 aromatic rings. The Morgan fingerprint density at radius 2 is 1.92 bits per heavy atom. The quantitative estimate of drug-likeness (QED) is 0.799. The minimum atomic E-state index is -1.08. The summed E-state index contributed by atoms with van der Waals surface area (Å²) in [6.45, 7) is -0.902. The Labute approximate surface area is 80.2 Å². The standard InChI is InChI=1S/C8H8F3N.ClH/c9-4-7(12)5-2-1-3-6(10)8(5)11;/h1-3,7H,4,12H2;1H/t7-;/m0./s1. The molecule has 0 aliphatic rings. The van der Waals surface area contributed by atoms with Gasteiger partial charge in [0, 0.05) is 5.56 Å². The first-order chi connectivity index (χ1) is 5.66. The highest BCUT2D eigenvalue weighted by molar-refractivity contribution is 5.85. The van der Waals surface area contributed by atoms with Gasteiger partial charge in [0.05, 0.1) is 6.04 Å². The summed E-state index contributed by atoms with van der Waals surface area (Å²) in [7, 11) is 0. The summed E-state index contributed by atoms with van der Waals surface area (Å²) < 4.78 is 37.3. The number of benzene rings is 1. The van der Waals surface area contributed by atoms with E-state index in [1.165, 1.54) is 12.1 Å². The predicted octanol–water partition coefficient (Wildman–Crippen LogP) is 2.36. The van der Waals surface area contributed by atoms with E-state index in [4.69, 9.17) is 5.73 Å². The van der Waals surface area contributed by atoms with Crippen LogP contribution in [-0.4, -0.2) is 6.67 Å². The third kappa shape index (κ3) is 2.60. The lowest BCUT2D eigenvalue weighted by atomic mass is 10.1. The zero-order valence-corrected chi connectivity index (χ0v) is 7.45. The number of alkyl halides is 1. The highest BCUT2D eigenvalue weighted by Gasteiger charge is 2.13. The van der Waals surface area contributed by atoms with E-state index in [2.05, 4.69) is 0 Å². The summed E-state index contributed by atoms with van der Waals surface area (Å²) in [5.74, 6) is -2.07. The van der Waals surface area contributed by atoms with Gasteiger partial charge in [-0.05, 0) is 6.07 Å². The molecule has 2 N–H and O–H groups in total. The molecule has 0 spiro atoms. The zero-order chi connectivity index (χ0) is 9.14. The van der Waals surface area contributed by atoms with Crippen LogP contribution in [0.1, 0.15) is 11.6 Å². The first kappa shape index (κ1) is 12.3.